The van der Waals surface area contributed by atoms with Crippen molar-refractivity contribution in [2.24, 2.45) is 0 Å². The molecule has 6 nitrogen and oxygen atoms in total. The molecule has 2 aromatic heterocycles. The van der Waals surface area contributed by atoms with Crippen LogP contribution in [0.3, 0.4) is 0 Å². The number of aryl methyl sites for hydroxylation is 2. The van der Waals surface area contributed by atoms with Crippen molar-refractivity contribution in [3.63, 3.8) is 0 Å². The van der Waals surface area contributed by atoms with Crippen molar-refractivity contribution in [3.8, 4) is 16.9 Å². The first-order valence-corrected chi connectivity index (χ1v) is 13.0. The van der Waals surface area contributed by atoms with Crippen molar-refractivity contribution >= 4 is 28.6 Å². The number of ether oxygens (including phenoxy) is 2. The van der Waals surface area contributed by atoms with Crippen molar-refractivity contribution < 1.29 is 23.8 Å². The van der Waals surface area contributed by atoms with Gasteiger partial charge in [-0.1, -0.05) is 17.7 Å². The van der Waals surface area contributed by atoms with Crippen LogP contribution in [0.15, 0.2) is 48.7 Å². The van der Waals surface area contributed by atoms with Crippen molar-refractivity contribution in [1.29, 1.82) is 0 Å². The van der Waals surface area contributed by atoms with Gasteiger partial charge in [0.25, 0.3) is 0 Å². The minimum absolute atomic E-state index is 0.310. The molecule has 1 N–H and O–H groups in total. The summed E-state index contributed by atoms with van der Waals surface area (Å²) in [6.45, 7) is 8.29. The number of carboxylic acid groups (broad SMARTS) is 1. The normalized spacial score (nSPS) is 14.3. The SMILES string of the molecule is Cc1nc2c(ccn2Cc2cc(F)ccc2Cl)c(-c2ccc3c(c2)CCCO3)c1C(OC(C)(C)C)C(=O)O. The molecule has 0 fully saturated rings. The van der Waals surface area contributed by atoms with Crippen molar-refractivity contribution in [2.45, 2.75) is 58.8 Å². The number of hydrogen-bond acceptors (Lipinski definition) is 4. The lowest BCUT2D eigenvalue weighted by Crippen LogP contribution is -2.28. The Bertz CT molecular complexity index is 1540. The second-order valence-corrected chi connectivity index (χ2v) is 11.0. The average Bonchev–Trinajstić information content (AvgIpc) is 3.25. The molecule has 8 heteroatoms. The van der Waals surface area contributed by atoms with Crippen LogP contribution in [0.5, 0.6) is 5.75 Å². The second-order valence-electron chi connectivity index (χ2n) is 10.6. The summed E-state index contributed by atoms with van der Waals surface area (Å²) < 4.78 is 27.8. The van der Waals surface area contributed by atoms with Gasteiger partial charge < -0.3 is 19.1 Å². The number of fused-ring (bicyclic) bond motifs is 2. The van der Waals surface area contributed by atoms with Crippen LogP contribution in [0.4, 0.5) is 4.39 Å². The first kappa shape index (κ1) is 26.2. The number of carboxylic acids is 1. The Morgan fingerprint density at radius 1 is 1.24 bits per heavy atom. The predicted molar refractivity (Wildman–Crippen MR) is 145 cm³/mol. The van der Waals surface area contributed by atoms with Gasteiger partial charge in [0.2, 0.25) is 0 Å². The number of hydrogen-bond donors (Lipinski definition) is 1. The fourth-order valence-corrected chi connectivity index (χ4v) is 5.22. The number of aromatic nitrogens is 2. The van der Waals surface area contributed by atoms with E-state index in [1.54, 1.807) is 6.92 Å². The van der Waals surface area contributed by atoms with E-state index < -0.39 is 17.7 Å². The van der Waals surface area contributed by atoms with Crippen LogP contribution in [-0.4, -0.2) is 32.8 Å². The predicted octanol–water partition coefficient (Wildman–Crippen LogP) is 7.12. The zero-order chi connectivity index (χ0) is 27.2. The zero-order valence-electron chi connectivity index (χ0n) is 21.8. The molecule has 4 aromatic rings. The molecular weight excluding hydrogens is 507 g/mol. The number of carbonyl (C=O) groups is 1. The molecule has 0 bridgehead atoms. The first-order chi connectivity index (χ1) is 18.0. The number of aliphatic carboxylic acids is 1. The topological polar surface area (TPSA) is 73.6 Å². The minimum Gasteiger partial charge on any atom is -0.493 e. The van der Waals surface area contributed by atoms with Gasteiger partial charge in [-0.3, -0.25) is 0 Å². The standard InChI is InChI=1S/C30H30ClFN2O4/c1-17-25(27(29(35)36)38-30(2,3)4)26(19-7-10-24-18(14-19)6-5-13-37-24)22-11-12-34(28(22)33-17)16-20-15-21(32)8-9-23(20)31/h7-12,14-15,27H,5-6,13,16H2,1-4H3,(H,35,36). The maximum absolute atomic E-state index is 14.0. The van der Waals surface area contributed by atoms with Crippen LogP contribution < -0.4 is 4.74 Å². The molecule has 0 spiro atoms. The molecule has 2 aromatic carbocycles. The number of benzene rings is 2. The van der Waals surface area contributed by atoms with E-state index in [1.807, 2.05) is 49.7 Å². The zero-order valence-corrected chi connectivity index (χ0v) is 22.6. The lowest BCUT2D eigenvalue weighted by molar-refractivity contribution is -0.160. The summed E-state index contributed by atoms with van der Waals surface area (Å²) in [4.78, 5) is 17.4. The summed E-state index contributed by atoms with van der Waals surface area (Å²) in [5, 5.41) is 11.5. The van der Waals surface area contributed by atoms with E-state index in [-0.39, 0.29) is 5.82 Å². The third kappa shape index (κ3) is 5.13. The fraction of sp³-hybridized carbons (Fsp3) is 0.333. The van der Waals surface area contributed by atoms with E-state index in [1.165, 1.54) is 18.2 Å². The largest absolute Gasteiger partial charge is 0.493 e. The van der Waals surface area contributed by atoms with Gasteiger partial charge in [-0.25, -0.2) is 14.2 Å². The lowest BCUT2D eigenvalue weighted by Gasteiger charge is -2.28. The molecule has 0 aliphatic carbocycles. The van der Waals surface area contributed by atoms with Gasteiger partial charge in [0.05, 0.1) is 18.8 Å². The minimum atomic E-state index is -1.23. The van der Waals surface area contributed by atoms with Gasteiger partial charge in [-0.15, -0.1) is 0 Å². The number of rotatable bonds is 6. The quantitative estimate of drug-likeness (QED) is 0.284. The van der Waals surface area contributed by atoms with E-state index in [9.17, 15) is 14.3 Å². The van der Waals surface area contributed by atoms with Crippen molar-refractivity contribution in [2.75, 3.05) is 6.61 Å². The lowest BCUT2D eigenvalue weighted by atomic mass is 9.90. The highest BCUT2D eigenvalue weighted by molar-refractivity contribution is 6.31. The summed E-state index contributed by atoms with van der Waals surface area (Å²) in [5.74, 6) is -0.604. The molecule has 0 radical (unpaired) electrons. The van der Waals surface area contributed by atoms with Crippen molar-refractivity contribution in [1.82, 2.24) is 9.55 Å². The molecule has 0 amide bonds. The van der Waals surface area contributed by atoms with E-state index in [0.717, 1.165) is 40.7 Å². The van der Waals surface area contributed by atoms with Gasteiger partial charge in [-0.05, 0) is 93.6 Å². The van der Waals surface area contributed by atoms with E-state index in [2.05, 4.69) is 6.07 Å². The maximum atomic E-state index is 14.0. The Hall–Kier alpha value is -3.42. The molecule has 198 valence electrons. The van der Waals surface area contributed by atoms with E-state index in [4.69, 9.17) is 26.1 Å². The van der Waals surface area contributed by atoms with Crippen molar-refractivity contribution in [3.05, 3.63) is 81.9 Å². The molecule has 0 saturated heterocycles. The third-order valence-corrected chi connectivity index (χ3v) is 7.01. The fourth-order valence-electron chi connectivity index (χ4n) is 5.04. The molecule has 1 aliphatic rings. The van der Waals surface area contributed by atoms with E-state index in [0.29, 0.717) is 40.6 Å². The summed E-state index contributed by atoms with van der Waals surface area (Å²) in [6, 6.07) is 12.2. The Balaban J connectivity index is 1.75. The van der Waals surface area contributed by atoms with Crippen LogP contribution in [0, 0.1) is 12.7 Å². The van der Waals surface area contributed by atoms with Gasteiger partial charge in [0, 0.05) is 33.4 Å². The molecule has 1 aliphatic heterocycles. The molecule has 3 heterocycles. The van der Waals surface area contributed by atoms with E-state index >= 15 is 0 Å². The first-order valence-electron chi connectivity index (χ1n) is 12.6. The number of halogens is 2. The number of nitrogens with zero attached hydrogens (tertiary/aromatic N) is 2. The maximum Gasteiger partial charge on any atom is 0.337 e. The Morgan fingerprint density at radius 2 is 2.03 bits per heavy atom. The van der Waals surface area contributed by atoms with Gasteiger partial charge in [0.15, 0.2) is 6.10 Å². The Labute approximate surface area is 226 Å². The highest BCUT2D eigenvalue weighted by atomic mass is 35.5. The molecule has 1 atom stereocenters. The summed E-state index contributed by atoms with van der Waals surface area (Å²) >= 11 is 6.36. The van der Waals surface area contributed by atoms with Crippen LogP contribution in [0.1, 0.15) is 55.7 Å². The summed E-state index contributed by atoms with van der Waals surface area (Å²) in [5.41, 5.74) is 4.33. The summed E-state index contributed by atoms with van der Waals surface area (Å²) in [7, 11) is 0. The Kier molecular flexibility index (Phi) is 6.92. The molecular formula is C30H30ClFN2O4. The number of pyridine rings is 1. The molecule has 1 unspecified atom stereocenters. The second kappa shape index (κ2) is 10.0. The highest BCUT2D eigenvalue weighted by Crippen LogP contribution is 2.41. The molecule has 5 rings (SSSR count). The van der Waals surface area contributed by atoms with Gasteiger partial charge in [-0.2, -0.15) is 0 Å². The molecule has 0 saturated carbocycles. The van der Waals surface area contributed by atoms with Gasteiger partial charge in [0.1, 0.15) is 17.2 Å². The average molecular weight is 537 g/mol. The third-order valence-electron chi connectivity index (χ3n) is 6.64. The molecule has 38 heavy (non-hydrogen) atoms. The smallest absolute Gasteiger partial charge is 0.337 e. The monoisotopic (exact) mass is 536 g/mol. The Morgan fingerprint density at radius 3 is 2.76 bits per heavy atom. The van der Waals surface area contributed by atoms with Crippen LogP contribution in [0.25, 0.3) is 22.2 Å². The summed E-state index contributed by atoms with van der Waals surface area (Å²) in [6.07, 6.45) is 2.44. The van der Waals surface area contributed by atoms with Crippen LogP contribution >= 0.6 is 11.6 Å². The van der Waals surface area contributed by atoms with Crippen LogP contribution in [0.2, 0.25) is 5.02 Å². The highest BCUT2D eigenvalue weighted by Gasteiger charge is 2.33. The van der Waals surface area contributed by atoms with Crippen LogP contribution in [-0.2, 0) is 22.5 Å². The van der Waals surface area contributed by atoms with Gasteiger partial charge >= 0.3 is 5.97 Å².